The Labute approximate surface area is 91.8 Å². The first kappa shape index (κ1) is 13.4. The molecule has 0 aromatic rings. The van der Waals surface area contributed by atoms with E-state index in [0.29, 0.717) is 6.42 Å². The van der Waals surface area contributed by atoms with Gasteiger partial charge >= 0.3 is 11.9 Å². The van der Waals surface area contributed by atoms with Crippen molar-refractivity contribution >= 4 is 27.9 Å². The van der Waals surface area contributed by atoms with Gasteiger partial charge in [-0.1, -0.05) is 35.7 Å². The molecule has 0 saturated carbocycles. The van der Waals surface area contributed by atoms with Crippen LogP contribution in [0.1, 0.15) is 26.2 Å². The smallest absolute Gasteiger partial charge is 0.318 e. The summed E-state index contributed by atoms with van der Waals surface area (Å²) < 4.78 is 4.55. The van der Waals surface area contributed by atoms with Crippen LogP contribution >= 0.6 is 15.9 Å². The molecule has 0 unspecified atom stereocenters. The van der Waals surface area contributed by atoms with Gasteiger partial charge in [0.2, 0.25) is 0 Å². The maximum Gasteiger partial charge on any atom is 0.318 e. The number of carboxylic acids is 1. The summed E-state index contributed by atoms with van der Waals surface area (Å²) >= 11 is 2.98. The Balaban J connectivity index is 4.37. The van der Waals surface area contributed by atoms with E-state index in [0.717, 1.165) is 12.8 Å². The number of alkyl halides is 1. The molecular formula is C9H15BrO4. The molecule has 0 saturated heterocycles. The third-order valence-electron chi connectivity index (χ3n) is 1.96. The van der Waals surface area contributed by atoms with E-state index in [4.69, 9.17) is 5.11 Å². The van der Waals surface area contributed by atoms with Crippen LogP contribution < -0.4 is 0 Å². The van der Waals surface area contributed by atoms with E-state index in [1.165, 1.54) is 7.11 Å². The molecule has 0 aromatic heterocycles. The molecule has 0 aliphatic rings. The van der Waals surface area contributed by atoms with Crippen LogP contribution in [0.5, 0.6) is 0 Å². The first-order valence-corrected chi connectivity index (χ1v) is 5.40. The van der Waals surface area contributed by atoms with Crippen LogP contribution in [0.3, 0.4) is 0 Å². The standard InChI is InChI=1S/C9H15BrO4/c1-3-4-5-6(9(13)14-2)7(10)8(11)12/h6-7H,3-5H2,1-2H3,(H,11,12)/t6-,7+/m1/s1. The molecule has 1 N–H and O–H groups in total. The first-order valence-electron chi connectivity index (χ1n) is 4.49. The predicted molar refractivity (Wildman–Crippen MR) is 55.4 cm³/mol. The van der Waals surface area contributed by atoms with Crippen molar-refractivity contribution < 1.29 is 19.4 Å². The van der Waals surface area contributed by atoms with Gasteiger partial charge < -0.3 is 9.84 Å². The van der Waals surface area contributed by atoms with Crippen LogP contribution in [0.4, 0.5) is 0 Å². The highest BCUT2D eigenvalue weighted by atomic mass is 79.9. The van der Waals surface area contributed by atoms with E-state index in [9.17, 15) is 9.59 Å². The highest BCUT2D eigenvalue weighted by Gasteiger charge is 2.31. The van der Waals surface area contributed by atoms with Gasteiger partial charge in [0.15, 0.2) is 0 Å². The van der Waals surface area contributed by atoms with E-state index in [1.807, 2.05) is 6.92 Å². The molecule has 4 nitrogen and oxygen atoms in total. The number of aliphatic carboxylic acids is 1. The monoisotopic (exact) mass is 266 g/mol. The van der Waals surface area contributed by atoms with Crippen molar-refractivity contribution in [3.63, 3.8) is 0 Å². The zero-order valence-corrected chi connectivity index (χ0v) is 9.91. The van der Waals surface area contributed by atoms with Gasteiger partial charge in [0.05, 0.1) is 13.0 Å². The van der Waals surface area contributed by atoms with Crippen LogP contribution in [0.25, 0.3) is 0 Å². The molecular weight excluding hydrogens is 252 g/mol. The fourth-order valence-electron chi connectivity index (χ4n) is 1.13. The van der Waals surface area contributed by atoms with Gasteiger partial charge in [-0.15, -0.1) is 0 Å². The summed E-state index contributed by atoms with van der Waals surface area (Å²) in [5, 5.41) is 8.74. The third-order valence-corrected chi connectivity index (χ3v) is 2.99. The molecule has 14 heavy (non-hydrogen) atoms. The fourth-order valence-corrected chi connectivity index (χ4v) is 1.61. The van der Waals surface area contributed by atoms with Gasteiger partial charge in [-0.05, 0) is 6.42 Å². The summed E-state index contributed by atoms with van der Waals surface area (Å²) in [6, 6.07) is 0. The molecule has 2 atom stereocenters. The fraction of sp³-hybridized carbons (Fsp3) is 0.778. The number of halogens is 1. The lowest BCUT2D eigenvalue weighted by Gasteiger charge is -2.16. The number of methoxy groups -OCH3 is 1. The van der Waals surface area contributed by atoms with Crippen LogP contribution in [0.15, 0.2) is 0 Å². The SMILES string of the molecule is CCCC[C@@H](C(=O)OC)[C@H](Br)C(=O)O. The van der Waals surface area contributed by atoms with E-state index in [-0.39, 0.29) is 0 Å². The van der Waals surface area contributed by atoms with Crippen LogP contribution in [0, 0.1) is 5.92 Å². The van der Waals surface area contributed by atoms with Gasteiger partial charge in [0.1, 0.15) is 4.83 Å². The average molecular weight is 267 g/mol. The van der Waals surface area contributed by atoms with Crippen molar-refractivity contribution in [1.82, 2.24) is 0 Å². The van der Waals surface area contributed by atoms with Crippen LogP contribution in [-0.2, 0) is 14.3 Å². The van der Waals surface area contributed by atoms with Gasteiger partial charge in [-0.2, -0.15) is 0 Å². The van der Waals surface area contributed by atoms with Crippen molar-refractivity contribution in [3.05, 3.63) is 0 Å². The molecule has 0 aliphatic heterocycles. The van der Waals surface area contributed by atoms with Crippen molar-refractivity contribution in [1.29, 1.82) is 0 Å². The number of carbonyl (C=O) groups excluding carboxylic acids is 1. The maximum absolute atomic E-state index is 11.2. The normalized spacial score (nSPS) is 14.5. The molecule has 82 valence electrons. The largest absolute Gasteiger partial charge is 0.480 e. The molecule has 5 heteroatoms. The summed E-state index contributed by atoms with van der Waals surface area (Å²) in [6.45, 7) is 1.98. The summed E-state index contributed by atoms with van der Waals surface area (Å²) in [6.07, 6.45) is 2.27. The average Bonchev–Trinajstić information content (AvgIpc) is 2.17. The van der Waals surface area contributed by atoms with Crippen LogP contribution in [-0.4, -0.2) is 29.0 Å². The Morgan fingerprint density at radius 3 is 2.43 bits per heavy atom. The molecule has 0 aromatic carbocycles. The third kappa shape index (κ3) is 4.09. The second-order valence-electron chi connectivity index (χ2n) is 3.01. The lowest BCUT2D eigenvalue weighted by Crippen LogP contribution is -2.31. The molecule has 0 aliphatic carbocycles. The van der Waals surface area contributed by atoms with E-state index >= 15 is 0 Å². The second kappa shape index (κ2) is 6.81. The van der Waals surface area contributed by atoms with Crippen molar-refractivity contribution in [2.24, 2.45) is 5.92 Å². The number of rotatable bonds is 6. The highest BCUT2D eigenvalue weighted by Crippen LogP contribution is 2.21. The minimum absolute atomic E-state index is 0.470. The Morgan fingerprint density at radius 1 is 1.50 bits per heavy atom. The Kier molecular flexibility index (Phi) is 6.53. The topological polar surface area (TPSA) is 63.6 Å². The number of hydrogen-bond acceptors (Lipinski definition) is 3. The predicted octanol–water partition coefficient (Wildman–Crippen LogP) is 1.81. The lowest BCUT2D eigenvalue weighted by atomic mass is 9.99. The number of carboxylic acid groups (broad SMARTS) is 1. The van der Waals surface area contributed by atoms with Crippen LogP contribution in [0.2, 0.25) is 0 Å². The molecule has 0 fully saturated rings. The van der Waals surface area contributed by atoms with Gasteiger partial charge in [0, 0.05) is 0 Å². The molecule has 0 heterocycles. The molecule has 0 radical (unpaired) electrons. The minimum atomic E-state index is -1.03. The Bertz CT molecular complexity index is 205. The Morgan fingerprint density at radius 2 is 2.07 bits per heavy atom. The maximum atomic E-state index is 11.2. The van der Waals surface area contributed by atoms with E-state index < -0.39 is 22.7 Å². The lowest BCUT2D eigenvalue weighted by molar-refractivity contribution is -0.150. The highest BCUT2D eigenvalue weighted by molar-refractivity contribution is 9.10. The second-order valence-corrected chi connectivity index (χ2v) is 4.00. The summed E-state index contributed by atoms with van der Waals surface area (Å²) in [4.78, 5) is 21.1. The van der Waals surface area contributed by atoms with Gasteiger partial charge in [-0.25, -0.2) is 0 Å². The Hall–Kier alpha value is -0.580. The number of unbranched alkanes of at least 4 members (excludes halogenated alkanes) is 1. The number of hydrogen-bond donors (Lipinski definition) is 1. The zero-order chi connectivity index (χ0) is 11.1. The number of esters is 1. The summed E-state index contributed by atoms with van der Waals surface area (Å²) in [5.74, 6) is -2.10. The van der Waals surface area contributed by atoms with E-state index in [1.54, 1.807) is 0 Å². The first-order chi connectivity index (χ1) is 6.54. The van der Waals surface area contributed by atoms with Gasteiger partial charge in [-0.3, -0.25) is 9.59 Å². The molecule has 0 rings (SSSR count). The summed E-state index contributed by atoms with van der Waals surface area (Å²) in [7, 11) is 1.27. The molecule has 0 amide bonds. The van der Waals surface area contributed by atoms with E-state index in [2.05, 4.69) is 20.7 Å². The van der Waals surface area contributed by atoms with Crippen molar-refractivity contribution in [2.75, 3.05) is 7.11 Å². The number of ether oxygens (including phenoxy) is 1. The zero-order valence-electron chi connectivity index (χ0n) is 8.33. The molecule has 0 bridgehead atoms. The number of carbonyl (C=O) groups is 2. The van der Waals surface area contributed by atoms with Gasteiger partial charge in [0.25, 0.3) is 0 Å². The summed E-state index contributed by atoms with van der Waals surface area (Å²) in [5.41, 5.74) is 0. The quantitative estimate of drug-likeness (QED) is 0.589. The van der Waals surface area contributed by atoms with Crippen molar-refractivity contribution in [3.8, 4) is 0 Å². The minimum Gasteiger partial charge on any atom is -0.480 e. The van der Waals surface area contributed by atoms with Crippen molar-refractivity contribution in [2.45, 2.75) is 31.0 Å². The molecule has 0 spiro atoms.